The van der Waals surface area contributed by atoms with Crippen molar-refractivity contribution in [2.24, 2.45) is 10.2 Å². The Kier molecular flexibility index (Phi) is 10.4. The Labute approximate surface area is 225 Å². The summed E-state index contributed by atoms with van der Waals surface area (Å²) in [6, 6.07) is 12.1. The van der Waals surface area contributed by atoms with E-state index < -0.39 is 0 Å². The molecule has 38 heavy (non-hydrogen) atoms. The largest absolute Gasteiger partial charge is 0.483 e. The third kappa shape index (κ3) is 8.71. The van der Waals surface area contributed by atoms with Crippen LogP contribution in [0, 0.1) is 13.8 Å². The number of carbonyl (C=O) groups is 2. The molecule has 8 heteroatoms. The van der Waals surface area contributed by atoms with Gasteiger partial charge in [0, 0.05) is 11.4 Å². The molecule has 1 fully saturated rings. The molecule has 0 bridgehead atoms. The molecule has 3 rings (SSSR count). The van der Waals surface area contributed by atoms with Gasteiger partial charge in [-0.05, 0) is 85.8 Å². The number of nitrogens with one attached hydrogen (secondary N) is 2. The van der Waals surface area contributed by atoms with E-state index in [1.54, 1.807) is 0 Å². The van der Waals surface area contributed by atoms with E-state index in [1.165, 1.54) is 0 Å². The topological polar surface area (TPSA) is 101 Å². The van der Waals surface area contributed by atoms with Crippen LogP contribution < -0.4 is 20.3 Å². The molecule has 2 aromatic rings. The lowest BCUT2D eigenvalue weighted by molar-refractivity contribution is -0.123. The van der Waals surface area contributed by atoms with E-state index in [1.807, 2.05) is 50.2 Å². The molecule has 0 saturated heterocycles. The second-order valence-corrected chi connectivity index (χ2v) is 10.4. The van der Waals surface area contributed by atoms with Crippen molar-refractivity contribution in [3.63, 3.8) is 0 Å². The van der Waals surface area contributed by atoms with E-state index in [9.17, 15) is 9.59 Å². The molecule has 2 amide bonds. The molecule has 0 aliphatic heterocycles. The highest BCUT2D eigenvalue weighted by Gasteiger charge is 2.15. The number of hydrogen-bond donors (Lipinski definition) is 2. The molecular formula is C30H40N4O4. The van der Waals surface area contributed by atoms with Crippen LogP contribution in [-0.2, 0) is 9.59 Å². The Morgan fingerprint density at radius 3 is 1.42 bits per heavy atom. The molecule has 8 nitrogen and oxygen atoms in total. The number of nitrogens with zero attached hydrogens (tertiary/aromatic N) is 2. The number of amides is 2. The molecule has 0 spiro atoms. The van der Waals surface area contributed by atoms with Crippen LogP contribution in [0.15, 0.2) is 46.6 Å². The zero-order valence-electron chi connectivity index (χ0n) is 23.4. The van der Waals surface area contributed by atoms with Crippen molar-refractivity contribution in [2.75, 3.05) is 13.2 Å². The Bertz CT molecular complexity index is 1100. The van der Waals surface area contributed by atoms with E-state index in [2.05, 4.69) is 48.7 Å². The highest BCUT2D eigenvalue weighted by atomic mass is 16.5. The van der Waals surface area contributed by atoms with Crippen LogP contribution in [0.4, 0.5) is 0 Å². The molecule has 0 unspecified atom stereocenters. The van der Waals surface area contributed by atoms with Gasteiger partial charge in [0.15, 0.2) is 13.2 Å². The van der Waals surface area contributed by atoms with Gasteiger partial charge in [0.25, 0.3) is 11.8 Å². The summed E-state index contributed by atoms with van der Waals surface area (Å²) in [5.41, 5.74) is 11.3. The van der Waals surface area contributed by atoms with Gasteiger partial charge < -0.3 is 9.47 Å². The van der Waals surface area contributed by atoms with Gasteiger partial charge >= 0.3 is 0 Å². The van der Waals surface area contributed by atoms with Crippen molar-refractivity contribution < 1.29 is 19.1 Å². The van der Waals surface area contributed by atoms with E-state index in [-0.39, 0.29) is 25.0 Å². The van der Waals surface area contributed by atoms with Crippen LogP contribution >= 0.6 is 0 Å². The summed E-state index contributed by atoms with van der Waals surface area (Å²) < 4.78 is 11.5. The van der Waals surface area contributed by atoms with Gasteiger partial charge in [-0.3, -0.25) is 9.59 Å². The highest BCUT2D eigenvalue weighted by molar-refractivity contribution is 5.99. The number of hydrazone groups is 2. The summed E-state index contributed by atoms with van der Waals surface area (Å²) in [5, 5.41) is 8.53. The SMILES string of the molecule is Cc1ccc(C(C)C)c(OCC(=O)NN=C2CCC(=NNC(=O)COc3cc(C)ccc3C(C)C)CC2)c1. The molecule has 1 aliphatic carbocycles. The van der Waals surface area contributed by atoms with Crippen LogP contribution in [0.2, 0.25) is 0 Å². The van der Waals surface area contributed by atoms with Gasteiger partial charge in [-0.25, -0.2) is 10.9 Å². The fraction of sp³-hybridized carbons (Fsp3) is 0.467. The monoisotopic (exact) mass is 520 g/mol. The first-order valence-electron chi connectivity index (χ1n) is 13.3. The molecule has 1 saturated carbocycles. The lowest BCUT2D eigenvalue weighted by Crippen LogP contribution is -2.28. The second-order valence-electron chi connectivity index (χ2n) is 10.4. The molecule has 0 atom stereocenters. The Morgan fingerprint density at radius 2 is 1.08 bits per heavy atom. The van der Waals surface area contributed by atoms with E-state index in [0.717, 1.165) is 45.2 Å². The van der Waals surface area contributed by atoms with Gasteiger partial charge in [-0.2, -0.15) is 10.2 Å². The first kappa shape index (κ1) is 28.9. The maximum Gasteiger partial charge on any atom is 0.277 e. The smallest absolute Gasteiger partial charge is 0.277 e. The first-order chi connectivity index (χ1) is 18.1. The lowest BCUT2D eigenvalue weighted by atomic mass is 9.97. The van der Waals surface area contributed by atoms with Crippen LogP contribution in [0.25, 0.3) is 0 Å². The molecule has 0 heterocycles. The fourth-order valence-corrected chi connectivity index (χ4v) is 4.17. The van der Waals surface area contributed by atoms with Gasteiger partial charge in [0.1, 0.15) is 11.5 Å². The predicted molar refractivity (Wildman–Crippen MR) is 151 cm³/mol. The third-order valence-corrected chi connectivity index (χ3v) is 6.38. The summed E-state index contributed by atoms with van der Waals surface area (Å²) in [4.78, 5) is 24.6. The average Bonchev–Trinajstić information content (AvgIpc) is 2.88. The van der Waals surface area contributed by atoms with Crippen LogP contribution in [0.3, 0.4) is 0 Å². The maximum absolute atomic E-state index is 12.3. The normalized spacial score (nSPS) is 13.4. The van der Waals surface area contributed by atoms with Gasteiger partial charge in [0.2, 0.25) is 0 Å². The number of benzene rings is 2. The summed E-state index contributed by atoms with van der Waals surface area (Å²) in [6.45, 7) is 12.2. The van der Waals surface area contributed by atoms with Gasteiger partial charge in [0.05, 0.1) is 0 Å². The zero-order valence-corrected chi connectivity index (χ0v) is 23.4. The summed E-state index contributed by atoms with van der Waals surface area (Å²) in [5.74, 6) is 1.47. The summed E-state index contributed by atoms with van der Waals surface area (Å²) in [7, 11) is 0. The first-order valence-corrected chi connectivity index (χ1v) is 13.3. The minimum atomic E-state index is -0.297. The standard InChI is InChI=1S/C30H40N4O4/c1-19(2)25-13-7-21(5)15-27(25)37-17-29(35)33-31-23-9-11-24(12-10-23)32-34-30(36)18-38-28-16-22(6)8-14-26(28)20(3)4/h7-8,13-16,19-20H,9-12,17-18H2,1-6H3,(H,33,35)(H,34,36). The van der Waals surface area contributed by atoms with Crippen LogP contribution in [0.1, 0.15) is 87.5 Å². The quantitative estimate of drug-likeness (QED) is 0.402. The van der Waals surface area contributed by atoms with Gasteiger partial charge in [-0.1, -0.05) is 52.0 Å². The third-order valence-electron chi connectivity index (χ3n) is 6.38. The molecular weight excluding hydrogens is 480 g/mol. The zero-order chi connectivity index (χ0) is 27.7. The maximum atomic E-state index is 12.3. The van der Waals surface area contributed by atoms with Crippen LogP contribution in [0.5, 0.6) is 11.5 Å². The van der Waals surface area contributed by atoms with E-state index in [4.69, 9.17) is 9.47 Å². The second kappa shape index (κ2) is 13.7. The van der Waals surface area contributed by atoms with Crippen molar-refractivity contribution in [3.05, 3.63) is 58.7 Å². The Hall–Kier alpha value is -3.68. The van der Waals surface area contributed by atoms with Crippen LogP contribution in [-0.4, -0.2) is 36.5 Å². The molecule has 204 valence electrons. The van der Waals surface area contributed by atoms with E-state index >= 15 is 0 Å². The van der Waals surface area contributed by atoms with Gasteiger partial charge in [-0.15, -0.1) is 0 Å². The van der Waals surface area contributed by atoms with Crippen molar-refractivity contribution in [3.8, 4) is 11.5 Å². The number of ether oxygens (including phenoxy) is 2. The molecule has 0 aromatic heterocycles. The molecule has 2 aromatic carbocycles. The number of rotatable bonds is 10. The number of hydrogen-bond acceptors (Lipinski definition) is 6. The molecule has 2 N–H and O–H groups in total. The molecule has 1 aliphatic rings. The Morgan fingerprint density at radius 1 is 0.711 bits per heavy atom. The van der Waals surface area contributed by atoms with Crippen molar-refractivity contribution in [1.82, 2.24) is 10.9 Å². The Balaban J connectivity index is 1.41. The summed E-state index contributed by atoms with van der Waals surface area (Å²) >= 11 is 0. The van der Waals surface area contributed by atoms with Crippen molar-refractivity contribution >= 4 is 23.2 Å². The minimum absolute atomic E-state index is 0.0953. The predicted octanol–water partition coefficient (Wildman–Crippen LogP) is 5.53. The number of aryl methyl sites for hydroxylation is 2. The molecule has 0 radical (unpaired) electrons. The minimum Gasteiger partial charge on any atom is -0.483 e. The van der Waals surface area contributed by atoms with Crippen molar-refractivity contribution in [1.29, 1.82) is 0 Å². The average molecular weight is 521 g/mol. The number of carbonyl (C=O) groups excluding carboxylic acids is 2. The van der Waals surface area contributed by atoms with E-state index in [0.29, 0.717) is 37.5 Å². The van der Waals surface area contributed by atoms with Crippen molar-refractivity contribution in [2.45, 2.75) is 79.1 Å². The highest BCUT2D eigenvalue weighted by Crippen LogP contribution is 2.28. The fourth-order valence-electron chi connectivity index (χ4n) is 4.17. The lowest BCUT2D eigenvalue weighted by Gasteiger charge is -2.16. The summed E-state index contributed by atoms with van der Waals surface area (Å²) in [6.07, 6.45) is 2.68.